The van der Waals surface area contributed by atoms with Crippen LogP contribution >= 0.6 is 0 Å². The number of halogens is 1. The average molecular weight is 209 g/mol. The zero-order chi connectivity index (χ0) is 10.8. The molecule has 0 atom stereocenters. The zero-order valence-electron chi connectivity index (χ0n) is 8.16. The summed E-state index contributed by atoms with van der Waals surface area (Å²) in [6.45, 7) is 0.612. The minimum Gasteiger partial charge on any atom is -0.381 e. The van der Waals surface area contributed by atoms with Crippen LogP contribution in [0.4, 0.5) is 10.2 Å². The van der Waals surface area contributed by atoms with Crippen LogP contribution in [0, 0.1) is 11.7 Å². The van der Waals surface area contributed by atoms with E-state index >= 15 is 0 Å². The van der Waals surface area contributed by atoms with Crippen LogP contribution < -0.4 is 11.1 Å². The number of nitrogens with zero attached hydrogens (tertiary/aromatic N) is 1. The van der Waals surface area contributed by atoms with Crippen molar-refractivity contribution in [3.05, 3.63) is 23.6 Å². The summed E-state index contributed by atoms with van der Waals surface area (Å²) in [4.78, 5) is 15.1. The molecule has 1 fully saturated rings. The van der Waals surface area contributed by atoms with Crippen molar-refractivity contribution in [2.24, 2.45) is 5.92 Å². The van der Waals surface area contributed by atoms with Crippen molar-refractivity contribution in [3.8, 4) is 0 Å². The van der Waals surface area contributed by atoms with Crippen LogP contribution in [0.1, 0.15) is 23.2 Å². The summed E-state index contributed by atoms with van der Waals surface area (Å²) in [5.41, 5.74) is 5.22. The van der Waals surface area contributed by atoms with E-state index in [0.717, 1.165) is 12.8 Å². The Morgan fingerprint density at radius 1 is 1.67 bits per heavy atom. The van der Waals surface area contributed by atoms with Gasteiger partial charge in [-0.1, -0.05) is 0 Å². The van der Waals surface area contributed by atoms with Gasteiger partial charge in [0.15, 0.2) is 11.6 Å². The van der Waals surface area contributed by atoms with E-state index < -0.39 is 11.7 Å². The summed E-state index contributed by atoms with van der Waals surface area (Å²) in [6.07, 6.45) is 3.60. The minimum absolute atomic E-state index is 0.0387. The number of aromatic nitrogens is 1. The van der Waals surface area contributed by atoms with E-state index in [0.29, 0.717) is 12.5 Å². The molecule has 3 N–H and O–H groups in total. The van der Waals surface area contributed by atoms with E-state index in [4.69, 9.17) is 5.73 Å². The molecule has 1 amide bonds. The number of nitrogens with one attached hydrogen (secondary N) is 1. The molecule has 1 heterocycles. The van der Waals surface area contributed by atoms with E-state index in [2.05, 4.69) is 10.3 Å². The van der Waals surface area contributed by atoms with Crippen molar-refractivity contribution in [2.45, 2.75) is 12.8 Å². The molecule has 1 aliphatic carbocycles. The smallest absolute Gasteiger partial charge is 0.254 e. The maximum Gasteiger partial charge on any atom is 0.254 e. The van der Waals surface area contributed by atoms with Crippen LogP contribution in [0.2, 0.25) is 0 Å². The van der Waals surface area contributed by atoms with Gasteiger partial charge in [-0.25, -0.2) is 9.37 Å². The Morgan fingerprint density at radius 3 is 3.07 bits per heavy atom. The molecule has 1 saturated carbocycles. The Balaban J connectivity index is 2.06. The summed E-state index contributed by atoms with van der Waals surface area (Å²) in [7, 11) is 0. The maximum absolute atomic E-state index is 13.3. The van der Waals surface area contributed by atoms with Crippen molar-refractivity contribution in [2.75, 3.05) is 12.3 Å². The highest BCUT2D eigenvalue weighted by Gasteiger charge is 2.22. The molecule has 0 aromatic carbocycles. The number of hydrogen-bond acceptors (Lipinski definition) is 3. The van der Waals surface area contributed by atoms with E-state index in [1.165, 1.54) is 12.3 Å². The predicted molar refractivity (Wildman–Crippen MR) is 53.7 cm³/mol. The molecule has 1 aliphatic rings. The molecule has 15 heavy (non-hydrogen) atoms. The SMILES string of the molecule is Nc1nccc(C(=O)NCC2CC2)c1F. The number of carbonyl (C=O) groups excluding carboxylic acids is 1. The normalized spacial score (nSPS) is 15.0. The lowest BCUT2D eigenvalue weighted by molar-refractivity contribution is 0.0947. The fourth-order valence-corrected chi connectivity index (χ4v) is 1.29. The third-order valence-corrected chi connectivity index (χ3v) is 2.41. The molecule has 0 unspecified atom stereocenters. The van der Waals surface area contributed by atoms with Crippen molar-refractivity contribution < 1.29 is 9.18 Å². The average Bonchev–Trinajstić information content (AvgIpc) is 3.02. The Bertz CT molecular complexity index is 390. The molecule has 0 aliphatic heterocycles. The molecule has 1 aromatic rings. The number of nitrogen functional groups attached to an aromatic ring is 1. The first kappa shape index (κ1) is 9.89. The molecule has 2 rings (SSSR count). The lowest BCUT2D eigenvalue weighted by atomic mass is 10.2. The van der Waals surface area contributed by atoms with Crippen LogP contribution in [0.15, 0.2) is 12.3 Å². The van der Waals surface area contributed by atoms with Gasteiger partial charge in [0.1, 0.15) is 0 Å². The number of carbonyl (C=O) groups is 1. The van der Waals surface area contributed by atoms with Crippen molar-refractivity contribution in [3.63, 3.8) is 0 Å². The fraction of sp³-hybridized carbons (Fsp3) is 0.400. The van der Waals surface area contributed by atoms with Crippen LogP contribution in [0.5, 0.6) is 0 Å². The van der Waals surface area contributed by atoms with Gasteiger partial charge in [-0.3, -0.25) is 4.79 Å². The first-order valence-electron chi connectivity index (χ1n) is 4.86. The lowest BCUT2D eigenvalue weighted by Gasteiger charge is -2.05. The third kappa shape index (κ3) is 2.23. The van der Waals surface area contributed by atoms with Gasteiger partial charge < -0.3 is 11.1 Å². The third-order valence-electron chi connectivity index (χ3n) is 2.41. The van der Waals surface area contributed by atoms with Crippen molar-refractivity contribution in [1.82, 2.24) is 10.3 Å². The van der Waals surface area contributed by atoms with Crippen LogP contribution in [0.3, 0.4) is 0 Å². The molecule has 4 nitrogen and oxygen atoms in total. The van der Waals surface area contributed by atoms with Gasteiger partial charge in [0.25, 0.3) is 5.91 Å². The van der Waals surface area contributed by atoms with E-state index in [9.17, 15) is 9.18 Å². The molecule has 0 radical (unpaired) electrons. The second-order valence-corrected chi connectivity index (χ2v) is 3.71. The Hall–Kier alpha value is -1.65. The fourth-order valence-electron chi connectivity index (χ4n) is 1.29. The van der Waals surface area contributed by atoms with Gasteiger partial charge in [-0.15, -0.1) is 0 Å². The largest absolute Gasteiger partial charge is 0.381 e. The zero-order valence-corrected chi connectivity index (χ0v) is 8.16. The first-order chi connectivity index (χ1) is 7.18. The summed E-state index contributed by atoms with van der Waals surface area (Å²) >= 11 is 0. The molecule has 80 valence electrons. The van der Waals surface area contributed by atoms with Crippen molar-refractivity contribution >= 4 is 11.7 Å². The molecular formula is C10H12FN3O. The molecular weight excluding hydrogens is 197 g/mol. The maximum atomic E-state index is 13.3. The Kier molecular flexibility index (Phi) is 2.53. The number of amides is 1. The van der Waals surface area contributed by atoms with Crippen LogP contribution in [-0.4, -0.2) is 17.4 Å². The van der Waals surface area contributed by atoms with Crippen LogP contribution in [-0.2, 0) is 0 Å². The molecule has 1 aromatic heterocycles. The summed E-state index contributed by atoms with van der Waals surface area (Å²) in [6, 6.07) is 1.33. The second-order valence-electron chi connectivity index (χ2n) is 3.71. The van der Waals surface area contributed by atoms with E-state index in [1.807, 2.05) is 0 Å². The second kappa shape index (κ2) is 3.84. The summed E-state index contributed by atoms with van der Waals surface area (Å²) in [5, 5.41) is 2.67. The van der Waals surface area contributed by atoms with E-state index in [1.54, 1.807) is 0 Å². The number of hydrogen-bond donors (Lipinski definition) is 2. The molecule has 0 bridgehead atoms. The highest BCUT2D eigenvalue weighted by atomic mass is 19.1. The van der Waals surface area contributed by atoms with Gasteiger partial charge in [0, 0.05) is 12.7 Å². The van der Waals surface area contributed by atoms with Gasteiger partial charge >= 0.3 is 0 Å². The number of nitrogens with two attached hydrogens (primary N) is 1. The molecule has 5 heteroatoms. The standard InChI is InChI=1S/C10H12FN3O/c11-8-7(3-4-13-9(8)12)10(15)14-5-6-1-2-6/h3-4,6H,1-2,5H2,(H2,12,13)(H,14,15). The van der Waals surface area contributed by atoms with Crippen molar-refractivity contribution in [1.29, 1.82) is 0 Å². The summed E-state index contributed by atoms with van der Waals surface area (Å²) in [5.74, 6) is -0.843. The van der Waals surface area contributed by atoms with Crippen LogP contribution in [0.25, 0.3) is 0 Å². The monoisotopic (exact) mass is 209 g/mol. The predicted octanol–water partition coefficient (Wildman–Crippen LogP) is 0.943. The highest BCUT2D eigenvalue weighted by Crippen LogP contribution is 2.27. The van der Waals surface area contributed by atoms with Gasteiger partial charge in [-0.2, -0.15) is 0 Å². The highest BCUT2D eigenvalue weighted by molar-refractivity contribution is 5.95. The molecule has 0 saturated heterocycles. The number of pyridine rings is 1. The lowest BCUT2D eigenvalue weighted by Crippen LogP contribution is -2.26. The topological polar surface area (TPSA) is 68.0 Å². The Labute approximate surface area is 86.7 Å². The number of rotatable bonds is 3. The Morgan fingerprint density at radius 2 is 2.40 bits per heavy atom. The quantitative estimate of drug-likeness (QED) is 0.778. The van der Waals surface area contributed by atoms with E-state index in [-0.39, 0.29) is 11.4 Å². The first-order valence-corrected chi connectivity index (χ1v) is 4.86. The molecule has 0 spiro atoms. The minimum atomic E-state index is -0.745. The van der Waals surface area contributed by atoms with Gasteiger partial charge in [0.05, 0.1) is 5.56 Å². The van der Waals surface area contributed by atoms with Gasteiger partial charge in [0.2, 0.25) is 0 Å². The number of anilines is 1. The van der Waals surface area contributed by atoms with Gasteiger partial charge in [-0.05, 0) is 24.8 Å². The summed E-state index contributed by atoms with van der Waals surface area (Å²) < 4.78 is 13.3.